The molecule has 2 N–H and O–H groups in total. The zero-order valence-corrected chi connectivity index (χ0v) is 9.31. The fourth-order valence-corrected chi connectivity index (χ4v) is 0.974. The maximum Gasteiger partial charge on any atom is 0.384 e. The SMILES string of the molecule is COC(=O)C#Cc1cc(C(=O)OC)cnc1N. The van der Waals surface area contributed by atoms with Gasteiger partial charge in [0.15, 0.2) is 0 Å². The first kappa shape index (κ1) is 12.5. The van der Waals surface area contributed by atoms with E-state index in [9.17, 15) is 9.59 Å². The van der Waals surface area contributed by atoms with Crippen LogP contribution in [0.1, 0.15) is 15.9 Å². The third kappa shape index (κ3) is 3.21. The number of nitrogens with two attached hydrogens (primary N) is 1. The Bertz CT molecular complexity index is 514. The molecule has 0 aliphatic heterocycles. The lowest BCUT2D eigenvalue weighted by atomic mass is 10.2. The monoisotopic (exact) mass is 234 g/mol. The molecule has 0 saturated heterocycles. The van der Waals surface area contributed by atoms with Crippen molar-refractivity contribution in [1.29, 1.82) is 0 Å². The van der Waals surface area contributed by atoms with E-state index in [1.165, 1.54) is 26.5 Å². The Hall–Kier alpha value is -2.55. The van der Waals surface area contributed by atoms with Crippen LogP contribution in [-0.4, -0.2) is 31.1 Å². The fourth-order valence-electron chi connectivity index (χ4n) is 0.974. The molecule has 0 aliphatic rings. The summed E-state index contributed by atoms with van der Waals surface area (Å²) in [5, 5.41) is 0. The molecule has 0 amide bonds. The number of anilines is 1. The molecule has 0 atom stereocenters. The summed E-state index contributed by atoms with van der Waals surface area (Å²) in [5.74, 6) is 3.52. The predicted molar refractivity (Wildman–Crippen MR) is 58.9 cm³/mol. The van der Waals surface area contributed by atoms with E-state index in [0.29, 0.717) is 0 Å². The standard InChI is InChI=1S/C11H10N2O4/c1-16-9(14)4-3-7-5-8(11(15)17-2)6-13-10(7)12/h5-6H,1-2H3,(H2,12,13). The Morgan fingerprint density at radius 1 is 1.35 bits per heavy atom. The number of carbonyl (C=O) groups excluding carboxylic acids is 2. The lowest BCUT2D eigenvalue weighted by Crippen LogP contribution is -2.05. The van der Waals surface area contributed by atoms with Crippen molar-refractivity contribution in [2.24, 2.45) is 0 Å². The van der Waals surface area contributed by atoms with E-state index in [0.717, 1.165) is 0 Å². The Morgan fingerprint density at radius 2 is 2.06 bits per heavy atom. The summed E-state index contributed by atoms with van der Waals surface area (Å²) in [7, 11) is 2.46. The van der Waals surface area contributed by atoms with Gasteiger partial charge < -0.3 is 15.2 Å². The highest BCUT2D eigenvalue weighted by Crippen LogP contribution is 2.10. The molecule has 1 heterocycles. The number of nitrogen functional groups attached to an aromatic ring is 1. The summed E-state index contributed by atoms with van der Waals surface area (Å²) < 4.78 is 8.86. The number of esters is 2. The summed E-state index contributed by atoms with van der Waals surface area (Å²) in [5.41, 5.74) is 6.01. The molecule has 0 bridgehead atoms. The molecule has 88 valence electrons. The van der Waals surface area contributed by atoms with Crippen LogP contribution in [0.25, 0.3) is 0 Å². The first-order chi connectivity index (χ1) is 8.08. The molecule has 0 radical (unpaired) electrons. The van der Waals surface area contributed by atoms with E-state index in [1.54, 1.807) is 0 Å². The minimum Gasteiger partial charge on any atom is -0.465 e. The first-order valence-electron chi connectivity index (χ1n) is 4.52. The van der Waals surface area contributed by atoms with Crippen LogP contribution >= 0.6 is 0 Å². The van der Waals surface area contributed by atoms with Crippen molar-refractivity contribution in [3.05, 3.63) is 23.4 Å². The Morgan fingerprint density at radius 3 is 2.65 bits per heavy atom. The average molecular weight is 234 g/mol. The highest BCUT2D eigenvalue weighted by molar-refractivity contribution is 5.91. The lowest BCUT2D eigenvalue weighted by Gasteiger charge is -2.01. The minimum absolute atomic E-state index is 0.119. The molecule has 6 heteroatoms. The summed E-state index contributed by atoms with van der Waals surface area (Å²) >= 11 is 0. The minimum atomic E-state index is -0.701. The van der Waals surface area contributed by atoms with Crippen LogP contribution in [0.15, 0.2) is 12.3 Å². The van der Waals surface area contributed by atoms with Crippen molar-refractivity contribution in [1.82, 2.24) is 4.98 Å². The number of rotatable bonds is 1. The van der Waals surface area contributed by atoms with Gasteiger partial charge in [-0.1, -0.05) is 5.92 Å². The third-order valence-corrected chi connectivity index (χ3v) is 1.82. The Labute approximate surface area is 97.7 Å². The molecule has 0 aliphatic carbocycles. The zero-order chi connectivity index (χ0) is 12.8. The smallest absolute Gasteiger partial charge is 0.384 e. The molecule has 1 aromatic rings. The number of hydrogen-bond donors (Lipinski definition) is 1. The van der Waals surface area contributed by atoms with Gasteiger partial charge >= 0.3 is 11.9 Å². The maximum atomic E-state index is 11.2. The topological polar surface area (TPSA) is 91.5 Å². The van der Waals surface area contributed by atoms with E-state index in [-0.39, 0.29) is 16.9 Å². The quantitative estimate of drug-likeness (QED) is 0.542. The fraction of sp³-hybridized carbons (Fsp3) is 0.182. The molecule has 1 aromatic heterocycles. The van der Waals surface area contributed by atoms with Crippen LogP contribution in [0.5, 0.6) is 0 Å². The van der Waals surface area contributed by atoms with Gasteiger partial charge in [-0.05, 0) is 6.07 Å². The second-order valence-electron chi connectivity index (χ2n) is 2.89. The summed E-state index contributed by atoms with van der Waals surface area (Å²) in [4.78, 5) is 25.8. The molecular weight excluding hydrogens is 224 g/mol. The molecule has 0 unspecified atom stereocenters. The van der Waals surface area contributed by atoms with Crippen molar-refractivity contribution in [3.63, 3.8) is 0 Å². The second kappa shape index (κ2) is 5.51. The van der Waals surface area contributed by atoms with Gasteiger partial charge in [0.2, 0.25) is 0 Å². The molecule has 17 heavy (non-hydrogen) atoms. The van der Waals surface area contributed by atoms with Crippen LogP contribution in [0, 0.1) is 11.8 Å². The average Bonchev–Trinajstić information content (AvgIpc) is 2.36. The highest BCUT2D eigenvalue weighted by Gasteiger charge is 2.08. The van der Waals surface area contributed by atoms with Gasteiger partial charge in [-0.25, -0.2) is 14.6 Å². The molecule has 0 fully saturated rings. The van der Waals surface area contributed by atoms with Gasteiger partial charge in [-0.2, -0.15) is 0 Å². The molecule has 0 aromatic carbocycles. The van der Waals surface area contributed by atoms with Gasteiger partial charge in [-0.3, -0.25) is 0 Å². The molecule has 1 rings (SSSR count). The van der Waals surface area contributed by atoms with Crippen molar-refractivity contribution < 1.29 is 19.1 Å². The van der Waals surface area contributed by atoms with E-state index in [4.69, 9.17) is 5.73 Å². The second-order valence-corrected chi connectivity index (χ2v) is 2.89. The summed E-state index contributed by atoms with van der Waals surface area (Å²) in [6.45, 7) is 0. The van der Waals surface area contributed by atoms with Gasteiger partial charge in [0.05, 0.1) is 25.3 Å². The highest BCUT2D eigenvalue weighted by atomic mass is 16.5. The molecule has 6 nitrogen and oxygen atoms in total. The number of hydrogen-bond acceptors (Lipinski definition) is 6. The third-order valence-electron chi connectivity index (χ3n) is 1.82. The Kier molecular flexibility index (Phi) is 4.06. The number of methoxy groups -OCH3 is 2. The van der Waals surface area contributed by atoms with Crippen molar-refractivity contribution in [2.45, 2.75) is 0 Å². The number of pyridine rings is 1. The van der Waals surface area contributed by atoms with Crippen LogP contribution in [-0.2, 0) is 14.3 Å². The van der Waals surface area contributed by atoms with Crippen LogP contribution in [0.2, 0.25) is 0 Å². The molecule has 0 saturated carbocycles. The maximum absolute atomic E-state index is 11.2. The van der Waals surface area contributed by atoms with Crippen molar-refractivity contribution in [3.8, 4) is 11.8 Å². The number of nitrogens with zero attached hydrogens (tertiary/aromatic N) is 1. The predicted octanol–water partition coefficient (Wildman–Crippen LogP) is -0.0251. The number of carbonyl (C=O) groups is 2. The van der Waals surface area contributed by atoms with Crippen molar-refractivity contribution >= 4 is 17.8 Å². The molecular formula is C11H10N2O4. The van der Waals surface area contributed by atoms with Gasteiger partial charge in [0, 0.05) is 12.1 Å². The lowest BCUT2D eigenvalue weighted by molar-refractivity contribution is -0.133. The Balaban J connectivity index is 3.09. The van der Waals surface area contributed by atoms with E-state index >= 15 is 0 Å². The largest absolute Gasteiger partial charge is 0.465 e. The van der Waals surface area contributed by atoms with Gasteiger partial charge in [0.1, 0.15) is 5.82 Å². The first-order valence-corrected chi connectivity index (χ1v) is 4.52. The summed E-state index contributed by atoms with van der Waals surface area (Å²) in [6, 6.07) is 1.39. The normalized spacial score (nSPS) is 8.82. The summed E-state index contributed by atoms with van der Waals surface area (Å²) in [6.07, 6.45) is 1.27. The van der Waals surface area contributed by atoms with Gasteiger partial charge in [-0.15, -0.1) is 0 Å². The number of ether oxygens (including phenoxy) is 2. The van der Waals surface area contributed by atoms with E-state index < -0.39 is 11.9 Å². The van der Waals surface area contributed by atoms with E-state index in [2.05, 4.69) is 26.3 Å². The zero-order valence-electron chi connectivity index (χ0n) is 9.31. The van der Waals surface area contributed by atoms with Gasteiger partial charge in [0.25, 0.3) is 0 Å². The van der Waals surface area contributed by atoms with E-state index in [1.807, 2.05) is 0 Å². The van der Waals surface area contributed by atoms with Crippen LogP contribution in [0.3, 0.4) is 0 Å². The van der Waals surface area contributed by atoms with Crippen LogP contribution < -0.4 is 5.73 Å². The van der Waals surface area contributed by atoms with Crippen LogP contribution in [0.4, 0.5) is 5.82 Å². The van der Waals surface area contributed by atoms with Crippen molar-refractivity contribution in [2.75, 3.05) is 20.0 Å². The molecule has 0 spiro atoms. The number of aromatic nitrogens is 1.